The number of hydrogen-bond donors (Lipinski definition) is 0. The van der Waals surface area contributed by atoms with Crippen LogP contribution in [-0.4, -0.2) is 0 Å². The van der Waals surface area contributed by atoms with Gasteiger partial charge in [0, 0.05) is 23.3 Å². The van der Waals surface area contributed by atoms with Crippen LogP contribution in [-0.2, 0) is 12.5 Å². The normalized spacial score (nSPS) is 11.3. The number of ether oxygens (including phenoxy) is 1. The maximum absolute atomic E-state index is 14.8. The van der Waals surface area contributed by atoms with Crippen LogP contribution in [0.3, 0.4) is 0 Å². The first kappa shape index (κ1) is 29.6. The van der Waals surface area contributed by atoms with Crippen molar-refractivity contribution in [2.75, 3.05) is 0 Å². The lowest BCUT2D eigenvalue weighted by atomic mass is 10.0. The lowest BCUT2D eigenvalue weighted by Crippen LogP contribution is -2.25. The van der Waals surface area contributed by atoms with Gasteiger partial charge in [0.25, 0.3) is 0 Å². The first-order chi connectivity index (χ1) is 19.4. The number of halogens is 9. The minimum absolute atomic E-state index is 0.217. The number of rotatable bonds is 7. The van der Waals surface area contributed by atoms with E-state index in [4.69, 9.17) is 0 Å². The number of aryl methyl sites for hydroxylation is 1. The van der Waals surface area contributed by atoms with E-state index in [1.807, 2.05) is 12.1 Å². The Bertz CT molecular complexity index is 1580. The molecule has 0 amide bonds. The highest BCUT2D eigenvalue weighted by molar-refractivity contribution is 5.66. The van der Waals surface area contributed by atoms with E-state index in [0.717, 1.165) is 24.8 Å². The molecule has 0 fully saturated rings. The second-order valence-electron chi connectivity index (χ2n) is 9.00. The quantitative estimate of drug-likeness (QED) is 0.121. The summed E-state index contributed by atoms with van der Waals surface area (Å²) in [5.41, 5.74) is -2.31. The molecule has 0 N–H and O–H groups in total. The Morgan fingerprint density at radius 3 is 1.73 bits per heavy atom. The van der Waals surface area contributed by atoms with Crippen LogP contribution in [0.25, 0.3) is 11.1 Å². The minimum atomic E-state index is -4.75. The number of hydrogen-bond acceptors (Lipinski definition) is 1. The Morgan fingerprint density at radius 1 is 0.659 bits per heavy atom. The standard InChI is InChI=1S/C31H19F9O/c1-2-3-4-17-5-7-18(8-6-17)9-10-19-11-24(34)29(25(35)12-19)31(39,40)41-21-15-22(32)28(23(33)16-21)20-13-26(36)30(38)27(37)14-20/h5-8,11-16H,2-4H2,1H3. The summed E-state index contributed by atoms with van der Waals surface area (Å²) in [6.07, 6.45) is -1.82. The van der Waals surface area contributed by atoms with Crippen LogP contribution in [0, 0.1) is 52.6 Å². The van der Waals surface area contributed by atoms with Crippen molar-refractivity contribution in [1.29, 1.82) is 0 Å². The maximum Gasteiger partial charge on any atom is 0.432 e. The van der Waals surface area contributed by atoms with Crippen LogP contribution in [0.4, 0.5) is 39.5 Å². The fourth-order valence-corrected chi connectivity index (χ4v) is 3.99. The monoisotopic (exact) mass is 578 g/mol. The molecule has 1 nitrogen and oxygen atoms in total. The van der Waals surface area contributed by atoms with Gasteiger partial charge in [-0.3, -0.25) is 0 Å². The first-order valence-corrected chi connectivity index (χ1v) is 12.2. The highest BCUT2D eigenvalue weighted by Crippen LogP contribution is 2.38. The van der Waals surface area contributed by atoms with Crippen LogP contribution < -0.4 is 4.74 Å². The number of unbranched alkanes of at least 4 members (excludes halogenated alkanes) is 1. The topological polar surface area (TPSA) is 9.23 Å². The third-order valence-electron chi connectivity index (χ3n) is 5.99. The Hall–Kier alpha value is -4.39. The van der Waals surface area contributed by atoms with E-state index in [-0.39, 0.29) is 17.7 Å². The maximum atomic E-state index is 14.8. The molecule has 0 radical (unpaired) electrons. The Balaban J connectivity index is 1.58. The molecule has 0 bridgehead atoms. The molecule has 0 aliphatic heterocycles. The molecule has 0 unspecified atom stereocenters. The fourth-order valence-electron chi connectivity index (χ4n) is 3.99. The van der Waals surface area contributed by atoms with Crippen LogP contribution in [0.5, 0.6) is 5.75 Å². The summed E-state index contributed by atoms with van der Waals surface area (Å²) in [5, 5.41) is 0. The van der Waals surface area contributed by atoms with Gasteiger partial charge in [0.2, 0.25) is 0 Å². The molecule has 0 saturated heterocycles. The summed E-state index contributed by atoms with van der Waals surface area (Å²) in [6, 6.07) is 9.29. The third kappa shape index (κ3) is 6.68. The van der Waals surface area contributed by atoms with Crippen molar-refractivity contribution in [2.24, 2.45) is 0 Å². The van der Waals surface area contributed by atoms with Gasteiger partial charge >= 0.3 is 6.11 Å². The highest BCUT2D eigenvalue weighted by atomic mass is 19.3. The second kappa shape index (κ2) is 12.0. The molecule has 4 aromatic rings. The lowest BCUT2D eigenvalue weighted by molar-refractivity contribution is -0.189. The van der Waals surface area contributed by atoms with E-state index in [2.05, 4.69) is 23.5 Å². The Kier molecular flexibility index (Phi) is 8.66. The third-order valence-corrected chi connectivity index (χ3v) is 5.99. The first-order valence-electron chi connectivity index (χ1n) is 12.2. The van der Waals surface area contributed by atoms with Gasteiger partial charge < -0.3 is 4.74 Å². The van der Waals surface area contributed by atoms with E-state index in [1.54, 1.807) is 12.1 Å². The summed E-state index contributed by atoms with van der Waals surface area (Å²) < 4.78 is 132. The summed E-state index contributed by atoms with van der Waals surface area (Å²) >= 11 is 0. The lowest BCUT2D eigenvalue weighted by Gasteiger charge is -2.20. The molecule has 212 valence electrons. The zero-order chi connectivity index (χ0) is 29.9. The van der Waals surface area contributed by atoms with Gasteiger partial charge in [0.05, 0.1) is 5.56 Å². The van der Waals surface area contributed by atoms with Crippen molar-refractivity contribution in [1.82, 2.24) is 0 Å². The average Bonchev–Trinajstić information content (AvgIpc) is 2.88. The largest absolute Gasteiger partial charge is 0.432 e. The van der Waals surface area contributed by atoms with E-state index in [9.17, 15) is 39.5 Å². The van der Waals surface area contributed by atoms with Gasteiger partial charge in [0.1, 0.15) is 34.6 Å². The molecule has 10 heteroatoms. The Labute approximate surface area is 229 Å². The van der Waals surface area contributed by atoms with Crippen molar-refractivity contribution in [3.63, 3.8) is 0 Å². The molecular weight excluding hydrogens is 559 g/mol. The van der Waals surface area contributed by atoms with Gasteiger partial charge in [-0.15, -0.1) is 0 Å². The van der Waals surface area contributed by atoms with Crippen molar-refractivity contribution >= 4 is 0 Å². The zero-order valence-electron chi connectivity index (χ0n) is 21.2. The van der Waals surface area contributed by atoms with Crippen LogP contribution in [0.1, 0.15) is 42.0 Å². The average molecular weight is 578 g/mol. The van der Waals surface area contributed by atoms with Crippen LogP contribution in [0.15, 0.2) is 60.7 Å². The van der Waals surface area contributed by atoms with E-state index in [1.165, 1.54) is 0 Å². The molecule has 0 heterocycles. The van der Waals surface area contributed by atoms with Crippen molar-refractivity contribution in [2.45, 2.75) is 32.3 Å². The van der Waals surface area contributed by atoms with Gasteiger partial charge in [-0.05, 0) is 60.4 Å². The zero-order valence-corrected chi connectivity index (χ0v) is 21.2. The summed E-state index contributed by atoms with van der Waals surface area (Å²) in [6.45, 7) is 2.06. The van der Waals surface area contributed by atoms with Crippen LogP contribution >= 0.6 is 0 Å². The Morgan fingerprint density at radius 2 is 1.20 bits per heavy atom. The molecule has 0 aromatic heterocycles. The van der Waals surface area contributed by atoms with E-state index in [0.29, 0.717) is 29.8 Å². The van der Waals surface area contributed by atoms with Gasteiger partial charge in [-0.2, -0.15) is 8.78 Å². The summed E-state index contributed by atoms with van der Waals surface area (Å²) in [5.74, 6) is -8.09. The summed E-state index contributed by atoms with van der Waals surface area (Å²) in [7, 11) is 0. The molecule has 0 spiro atoms. The van der Waals surface area contributed by atoms with Crippen molar-refractivity contribution in [3.8, 4) is 28.7 Å². The predicted octanol–water partition coefficient (Wildman–Crippen LogP) is 9.20. The molecular formula is C31H19F9O. The molecule has 0 aliphatic rings. The number of alkyl halides is 2. The molecule has 0 atom stereocenters. The van der Waals surface area contributed by atoms with Crippen molar-refractivity contribution < 1.29 is 44.3 Å². The van der Waals surface area contributed by atoms with Crippen molar-refractivity contribution in [3.05, 3.63) is 124 Å². The summed E-state index contributed by atoms with van der Waals surface area (Å²) in [4.78, 5) is 0. The molecule has 0 saturated carbocycles. The highest BCUT2D eigenvalue weighted by Gasteiger charge is 2.41. The van der Waals surface area contributed by atoms with Gasteiger partial charge in [-0.1, -0.05) is 37.3 Å². The fraction of sp³-hybridized carbons (Fsp3) is 0.161. The van der Waals surface area contributed by atoms with Crippen LogP contribution in [0.2, 0.25) is 0 Å². The molecule has 0 aliphatic carbocycles. The molecule has 4 rings (SSSR count). The molecule has 41 heavy (non-hydrogen) atoms. The SMILES string of the molecule is CCCCc1ccc(C#Cc2cc(F)c(C(F)(F)Oc3cc(F)c(-c4cc(F)c(F)c(F)c4)c(F)c3)c(F)c2)cc1. The molecule has 4 aromatic carbocycles. The minimum Gasteiger partial charge on any atom is -0.429 e. The predicted molar refractivity (Wildman–Crippen MR) is 134 cm³/mol. The second-order valence-corrected chi connectivity index (χ2v) is 9.00. The van der Waals surface area contributed by atoms with E-state index < -0.39 is 69.3 Å². The number of benzene rings is 4. The van der Waals surface area contributed by atoms with E-state index >= 15 is 0 Å². The van der Waals surface area contributed by atoms with Gasteiger partial charge in [-0.25, -0.2) is 30.7 Å². The smallest absolute Gasteiger partial charge is 0.429 e. The van der Waals surface area contributed by atoms with Gasteiger partial charge in [0.15, 0.2) is 17.5 Å².